The van der Waals surface area contributed by atoms with Crippen LogP contribution in [0.2, 0.25) is 0 Å². The summed E-state index contributed by atoms with van der Waals surface area (Å²) in [6, 6.07) is 5.15. The van der Waals surface area contributed by atoms with Crippen LogP contribution in [0.25, 0.3) is 0 Å². The summed E-state index contributed by atoms with van der Waals surface area (Å²) in [5.41, 5.74) is 5.36. The molecule has 1 aromatic rings. The zero-order valence-electron chi connectivity index (χ0n) is 10.2. The molecule has 0 radical (unpaired) electrons. The van der Waals surface area contributed by atoms with E-state index in [2.05, 4.69) is 0 Å². The first-order valence-corrected chi connectivity index (χ1v) is 7.36. The number of hydrogen-bond donors (Lipinski definition) is 1. The van der Waals surface area contributed by atoms with E-state index in [0.29, 0.717) is 13.0 Å². The molecular weight excluding hydrogens is 270 g/mol. The van der Waals surface area contributed by atoms with Crippen LogP contribution in [-0.2, 0) is 10.0 Å². The second-order valence-corrected chi connectivity index (χ2v) is 6.40. The fourth-order valence-corrected chi connectivity index (χ4v) is 3.85. The molecule has 0 spiro atoms. The quantitative estimate of drug-likeness (QED) is 0.650. The first kappa shape index (κ1) is 13.9. The summed E-state index contributed by atoms with van der Waals surface area (Å²) in [6.07, 6.45) is 1.43. The van der Waals surface area contributed by atoms with E-state index in [1.54, 1.807) is 0 Å². The Balaban J connectivity index is 2.42. The lowest BCUT2D eigenvalue weighted by molar-refractivity contribution is -0.387. The molecule has 0 unspecified atom stereocenters. The molecular formula is C11H15N3O4S. The number of nitro groups is 1. The Morgan fingerprint density at radius 3 is 2.68 bits per heavy atom. The highest BCUT2D eigenvalue weighted by Crippen LogP contribution is 2.27. The van der Waals surface area contributed by atoms with Gasteiger partial charge in [0.2, 0.25) is 10.0 Å². The molecule has 1 aliphatic heterocycles. The Labute approximate surface area is 111 Å². The average Bonchev–Trinajstić information content (AvgIpc) is 2.38. The van der Waals surface area contributed by atoms with Crippen LogP contribution < -0.4 is 5.73 Å². The summed E-state index contributed by atoms with van der Waals surface area (Å²) >= 11 is 0. The van der Waals surface area contributed by atoms with Gasteiger partial charge in [0.05, 0.1) is 4.92 Å². The van der Waals surface area contributed by atoms with E-state index >= 15 is 0 Å². The molecule has 1 saturated heterocycles. The van der Waals surface area contributed by atoms with Gasteiger partial charge >= 0.3 is 0 Å². The zero-order valence-corrected chi connectivity index (χ0v) is 11.0. The van der Waals surface area contributed by atoms with Gasteiger partial charge in [0.1, 0.15) is 0 Å². The summed E-state index contributed by atoms with van der Waals surface area (Å²) < 4.78 is 26.1. The van der Waals surface area contributed by atoms with E-state index in [0.717, 1.165) is 6.42 Å². The lowest BCUT2D eigenvalue weighted by atomic mass is 10.1. The Bertz CT molecular complexity index is 587. The van der Waals surface area contributed by atoms with Crippen molar-refractivity contribution in [1.29, 1.82) is 0 Å². The van der Waals surface area contributed by atoms with Gasteiger partial charge in [0.15, 0.2) is 4.90 Å². The van der Waals surface area contributed by atoms with Gasteiger partial charge in [0, 0.05) is 25.2 Å². The number of benzene rings is 1. The monoisotopic (exact) mass is 285 g/mol. The highest BCUT2D eigenvalue weighted by molar-refractivity contribution is 7.89. The number of sulfonamides is 1. The topological polar surface area (TPSA) is 107 Å². The number of piperidine rings is 1. The van der Waals surface area contributed by atoms with Gasteiger partial charge in [-0.2, -0.15) is 4.31 Å². The summed E-state index contributed by atoms with van der Waals surface area (Å²) in [4.78, 5) is 9.96. The van der Waals surface area contributed by atoms with Crippen LogP contribution in [0.15, 0.2) is 29.2 Å². The number of hydrogen-bond acceptors (Lipinski definition) is 5. The summed E-state index contributed by atoms with van der Waals surface area (Å²) in [7, 11) is -3.86. The number of nitrogens with zero attached hydrogens (tertiary/aromatic N) is 2. The second-order valence-electron chi connectivity index (χ2n) is 4.49. The minimum Gasteiger partial charge on any atom is -0.327 e. The molecule has 0 aliphatic carbocycles. The van der Waals surface area contributed by atoms with Crippen molar-refractivity contribution in [3.63, 3.8) is 0 Å². The molecule has 0 aromatic heterocycles. The highest BCUT2D eigenvalue weighted by Gasteiger charge is 2.33. The van der Waals surface area contributed by atoms with Crippen LogP contribution in [0.4, 0.5) is 5.69 Å². The van der Waals surface area contributed by atoms with Gasteiger partial charge in [-0.05, 0) is 18.9 Å². The minimum atomic E-state index is -3.86. The van der Waals surface area contributed by atoms with Crippen LogP contribution >= 0.6 is 0 Å². The van der Waals surface area contributed by atoms with Crippen LogP contribution in [0.5, 0.6) is 0 Å². The van der Waals surface area contributed by atoms with Crippen LogP contribution in [0.3, 0.4) is 0 Å². The van der Waals surface area contributed by atoms with E-state index in [4.69, 9.17) is 5.73 Å². The molecule has 1 aromatic carbocycles. The molecule has 2 rings (SSSR count). The molecule has 0 saturated carbocycles. The van der Waals surface area contributed by atoms with Crippen LogP contribution in [0, 0.1) is 10.1 Å². The predicted molar refractivity (Wildman–Crippen MR) is 69.1 cm³/mol. The maximum Gasteiger partial charge on any atom is 0.289 e. The Hall–Kier alpha value is -1.51. The second kappa shape index (κ2) is 5.24. The maximum absolute atomic E-state index is 12.4. The van der Waals surface area contributed by atoms with Crippen molar-refractivity contribution < 1.29 is 13.3 Å². The van der Waals surface area contributed by atoms with Crippen molar-refractivity contribution in [3.8, 4) is 0 Å². The third-order valence-corrected chi connectivity index (χ3v) is 5.01. The molecule has 7 nitrogen and oxygen atoms in total. The summed E-state index contributed by atoms with van der Waals surface area (Å²) in [5, 5.41) is 10.9. The fourth-order valence-electron chi connectivity index (χ4n) is 2.16. The smallest absolute Gasteiger partial charge is 0.289 e. The van der Waals surface area contributed by atoms with Crippen molar-refractivity contribution in [2.24, 2.45) is 5.73 Å². The van der Waals surface area contributed by atoms with E-state index in [9.17, 15) is 18.5 Å². The van der Waals surface area contributed by atoms with E-state index < -0.39 is 20.6 Å². The number of rotatable bonds is 3. The maximum atomic E-state index is 12.4. The standard InChI is InChI=1S/C11H15N3O4S/c12-9-4-3-7-13(8-9)19(17,18)11-6-2-1-5-10(11)14(15)16/h1-2,5-6,9H,3-4,7-8,12H2/t9-/m0/s1. The van der Waals surface area contributed by atoms with Crippen molar-refractivity contribution in [1.82, 2.24) is 4.31 Å². The van der Waals surface area contributed by atoms with Crippen molar-refractivity contribution >= 4 is 15.7 Å². The lowest BCUT2D eigenvalue weighted by Gasteiger charge is -2.29. The third kappa shape index (κ3) is 2.75. The van der Waals surface area contributed by atoms with Crippen LogP contribution in [-0.4, -0.2) is 36.8 Å². The first-order valence-electron chi connectivity index (χ1n) is 5.92. The van der Waals surface area contributed by atoms with Gasteiger partial charge in [0.25, 0.3) is 5.69 Å². The molecule has 2 N–H and O–H groups in total. The van der Waals surface area contributed by atoms with E-state index in [1.165, 1.54) is 28.6 Å². The Morgan fingerprint density at radius 1 is 1.37 bits per heavy atom. The normalized spacial score (nSPS) is 21.2. The number of para-hydroxylation sites is 1. The minimum absolute atomic E-state index is 0.203. The molecule has 1 atom stereocenters. The molecule has 1 fully saturated rings. The Kier molecular flexibility index (Phi) is 3.83. The molecule has 1 aliphatic rings. The molecule has 19 heavy (non-hydrogen) atoms. The number of nitro benzene ring substituents is 1. The first-order chi connectivity index (χ1) is 8.93. The molecule has 0 bridgehead atoms. The van der Waals surface area contributed by atoms with E-state index in [1.807, 2.05) is 0 Å². The molecule has 104 valence electrons. The van der Waals surface area contributed by atoms with Crippen LogP contribution in [0.1, 0.15) is 12.8 Å². The summed E-state index contributed by atoms with van der Waals surface area (Å²) in [6.45, 7) is 0.552. The van der Waals surface area contributed by atoms with Gasteiger partial charge in [-0.25, -0.2) is 8.42 Å². The fraction of sp³-hybridized carbons (Fsp3) is 0.455. The van der Waals surface area contributed by atoms with Gasteiger partial charge in [-0.3, -0.25) is 10.1 Å². The van der Waals surface area contributed by atoms with Crippen molar-refractivity contribution in [2.75, 3.05) is 13.1 Å². The lowest BCUT2D eigenvalue weighted by Crippen LogP contribution is -2.45. The SMILES string of the molecule is N[C@H]1CCCN(S(=O)(=O)c2ccccc2[N+](=O)[O-])C1. The third-order valence-electron chi connectivity index (χ3n) is 3.10. The van der Waals surface area contributed by atoms with Gasteiger partial charge in [-0.15, -0.1) is 0 Å². The van der Waals surface area contributed by atoms with Crippen molar-refractivity contribution in [2.45, 2.75) is 23.8 Å². The molecule has 0 amide bonds. The van der Waals surface area contributed by atoms with E-state index in [-0.39, 0.29) is 17.5 Å². The predicted octanol–water partition coefficient (Wildman–Crippen LogP) is 0.707. The summed E-state index contributed by atoms with van der Waals surface area (Å²) in [5.74, 6) is 0. The highest BCUT2D eigenvalue weighted by atomic mass is 32.2. The van der Waals surface area contributed by atoms with Gasteiger partial charge in [-0.1, -0.05) is 12.1 Å². The van der Waals surface area contributed by atoms with Gasteiger partial charge < -0.3 is 5.73 Å². The average molecular weight is 285 g/mol. The Morgan fingerprint density at radius 2 is 2.05 bits per heavy atom. The largest absolute Gasteiger partial charge is 0.327 e. The zero-order chi connectivity index (χ0) is 14.0. The number of nitrogens with two attached hydrogens (primary N) is 1. The van der Waals surface area contributed by atoms with Crippen molar-refractivity contribution in [3.05, 3.63) is 34.4 Å². The molecule has 1 heterocycles. The molecule has 8 heteroatoms.